The van der Waals surface area contributed by atoms with Crippen molar-refractivity contribution in [2.75, 3.05) is 0 Å². The van der Waals surface area contributed by atoms with Crippen molar-refractivity contribution in [1.82, 2.24) is 4.98 Å². The van der Waals surface area contributed by atoms with E-state index in [0.29, 0.717) is 5.75 Å². The molecule has 2 rings (SSSR count). The molecule has 19 heavy (non-hydrogen) atoms. The molecule has 1 heterocycles. The van der Waals surface area contributed by atoms with Crippen LogP contribution in [0.1, 0.15) is 5.56 Å². The zero-order chi connectivity index (χ0) is 13.0. The van der Waals surface area contributed by atoms with E-state index in [9.17, 15) is 12.9 Å². The van der Waals surface area contributed by atoms with E-state index < -0.39 is 12.4 Å². The predicted molar refractivity (Wildman–Crippen MR) is 63.7 cm³/mol. The minimum atomic E-state index is -4.94. The summed E-state index contributed by atoms with van der Waals surface area (Å²) >= 11 is 0. The van der Waals surface area contributed by atoms with Crippen LogP contribution in [0.2, 0.25) is 0 Å². The average molecular weight is 291 g/mol. The Labute approximate surface area is 151 Å². The van der Waals surface area contributed by atoms with E-state index in [4.69, 9.17) is 4.74 Å². The normalized spacial score (nSPS) is 10.7. The van der Waals surface area contributed by atoms with Crippen molar-refractivity contribution in [2.24, 2.45) is 0 Å². The van der Waals surface area contributed by atoms with Crippen molar-refractivity contribution in [3.8, 4) is 5.75 Å². The van der Waals surface area contributed by atoms with Gasteiger partial charge in [-0.25, -0.2) is 0 Å². The van der Waals surface area contributed by atoms with E-state index in [0.717, 1.165) is 17.7 Å². The zero-order valence-corrected chi connectivity index (χ0v) is 13.5. The Balaban J connectivity index is 0.00000180. The Hall–Kier alpha value is -0.339. The second kappa shape index (κ2) is 7.45. The first-order chi connectivity index (χ1) is 8.55. The summed E-state index contributed by atoms with van der Waals surface area (Å²) in [4.78, 5) is 3.92. The molecule has 0 aliphatic carbocycles. The number of ether oxygens (including phenoxy) is 1. The van der Waals surface area contributed by atoms with E-state index in [2.05, 4.69) is 4.98 Å². The van der Waals surface area contributed by atoms with Gasteiger partial charge in [-0.2, -0.15) is 0 Å². The largest absolute Gasteiger partial charge is 1.00 e. The molecule has 0 amide bonds. The van der Waals surface area contributed by atoms with Crippen LogP contribution < -0.4 is 61.6 Å². The topological polar surface area (TPSA) is 22.1 Å². The molecule has 2 aromatic rings. The Morgan fingerprint density at radius 2 is 1.74 bits per heavy atom. The first-order valence-electron chi connectivity index (χ1n) is 5.37. The molecule has 7 heteroatoms. The summed E-state index contributed by atoms with van der Waals surface area (Å²) in [5, 5.41) is 0. The third-order valence-electron chi connectivity index (χ3n) is 2.39. The van der Waals surface area contributed by atoms with Gasteiger partial charge in [-0.15, -0.1) is 5.46 Å². The predicted octanol–water partition coefficient (Wildman–Crippen LogP) is -0.281. The minimum Gasteiger partial charge on any atom is -0.489 e. The molecule has 0 spiro atoms. The van der Waals surface area contributed by atoms with Crippen LogP contribution in [0.15, 0.2) is 48.8 Å². The van der Waals surface area contributed by atoms with Crippen LogP contribution in [0.25, 0.3) is 0 Å². The quantitative estimate of drug-likeness (QED) is 0.723. The Kier molecular flexibility index (Phi) is 6.55. The van der Waals surface area contributed by atoms with E-state index in [1.807, 2.05) is 6.07 Å². The van der Waals surface area contributed by atoms with Crippen LogP contribution in [0.5, 0.6) is 5.75 Å². The molecular formula is C12H10BF3KNO. The first-order valence-corrected chi connectivity index (χ1v) is 5.37. The van der Waals surface area contributed by atoms with E-state index in [1.165, 1.54) is 12.1 Å². The Bertz CT molecular complexity index is 505. The standard InChI is InChI=1S/C12H10BF3NO.K/c14-13(15,16)11-3-5-12(6-4-11)18-9-10-2-1-7-17-8-10;/h1-8H,9H2;/q-1;+1. The molecule has 0 aliphatic heterocycles. The number of hydrogen-bond acceptors (Lipinski definition) is 2. The van der Waals surface area contributed by atoms with Gasteiger partial charge in [0.2, 0.25) is 0 Å². The molecule has 94 valence electrons. The number of aromatic nitrogens is 1. The van der Waals surface area contributed by atoms with Gasteiger partial charge in [0.15, 0.2) is 0 Å². The molecule has 2 nitrogen and oxygen atoms in total. The van der Waals surface area contributed by atoms with Crippen molar-refractivity contribution >= 4 is 12.4 Å². The molecular weight excluding hydrogens is 281 g/mol. The number of hydrogen-bond donors (Lipinski definition) is 0. The van der Waals surface area contributed by atoms with Gasteiger partial charge in [0.1, 0.15) is 12.4 Å². The Morgan fingerprint density at radius 3 is 2.26 bits per heavy atom. The molecule has 0 aliphatic rings. The van der Waals surface area contributed by atoms with Gasteiger partial charge in [0.05, 0.1) is 0 Å². The van der Waals surface area contributed by atoms with E-state index in [-0.39, 0.29) is 58.0 Å². The smallest absolute Gasteiger partial charge is 0.489 e. The second-order valence-electron chi connectivity index (χ2n) is 3.79. The summed E-state index contributed by atoms with van der Waals surface area (Å²) in [6.07, 6.45) is 3.29. The summed E-state index contributed by atoms with van der Waals surface area (Å²) in [5.41, 5.74) is 0.241. The summed E-state index contributed by atoms with van der Waals surface area (Å²) in [5.74, 6) is 0.405. The molecule has 0 atom stereocenters. The zero-order valence-electron chi connectivity index (χ0n) is 10.4. The number of benzene rings is 1. The maximum absolute atomic E-state index is 12.4. The number of pyridine rings is 1. The van der Waals surface area contributed by atoms with Crippen molar-refractivity contribution in [3.63, 3.8) is 0 Å². The molecule has 0 N–H and O–H groups in total. The van der Waals surface area contributed by atoms with Gasteiger partial charge in [-0.1, -0.05) is 18.2 Å². The van der Waals surface area contributed by atoms with Crippen molar-refractivity contribution in [3.05, 3.63) is 54.4 Å². The molecule has 0 fully saturated rings. The summed E-state index contributed by atoms with van der Waals surface area (Å²) in [6.45, 7) is -4.66. The number of rotatable bonds is 4. The minimum absolute atomic E-state index is 0. The van der Waals surface area contributed by atoms with Gasteiger partial charge in [0.25, 0.3) is 0 Å². The number of nitrogens with zero attached hydrogens (tertiary/aromatic N) is 1. The van der Waals surface area contributed by atoms with Crippen LogP contribution in [0.4, 0.5) is 12.9 Å². The molecule has 0 bridgehead atoms. The van der Waals surface area contributed by atoms with Crippen molar-refractivity contribution in [1.29, 1.82) is 0 Å². The van der Waals surface area contributed by atoms with Crippen molar-refractivity contribution < 1.29 is 69.1 Å². The fourth-order valence-electron chi connectivity index (χ4n) is 1.43. The monoisotopic (exact) mass is 291 g/mol. The van der Waals surface area contributed by atoms with Crippen LogP contribution in [-0.2, 0) is 6.61 Å². The van der Waals surface area contributed by atoms with Crippen LogP contribution in [0.3, 0.4) is 0 Å². The maximum Gasteiger partial charge on any atom is 1.00 e. The summed E-state index contributed by atoms with van der Waals surface area (Å²) in [7, 11) is 0. The van der Waals surface area contributed by atoms with Gasteiger partial charge in [-0.3, -0.25) is 4.98 Å². The summed E-state index contributed by atoms with van der Waals surface area (Å²) < 4.78 is 42.5. The SMILES string of the molecule is F[B-](F)(F)c1ccc(OCc2cccnc2)cc1.[K+]. The molecule has 0 saturated heterocycles. The van der Waals surface area contributed by atoms with Gasteiger partial charge < -0.3 is 17.7 Å². The van der Waals surface area contributed by atoms with Crippen LogP contribution >= 0.6 is 0 Å². The van der Waals surface area contributed by atoms with Crippen molar-refractivity contribution in [2.45, 2.75) is 6.61 Å². The Morgan fingerprint density at radius 1 is 1.05 bits per heavy atom. The van der Waals surface area contributed by atoms with Gasteiger partial charge in [-0.05, 0) is 18.2 Å². The van der Waals surface area contributed by atoms with E-state index >= 15 is 0 Å². The third kappa shape index (κ3) is 5.27. The second-order valence-corrected chi connectivity index (χ2v) is 3.79. The van der Waals surface area contributed by atoms with E-state index in [1.54, 1.807) is 18.5 Å². The van der Waals surface area contributed by atoms with Crippen LogP contribution in [0, 0.1) is 0 Å². The fourth-order valence-corrected chi connectivity index (χ4v) is 1.43. The van der Waals surface area contributed by atoms with Gasteiger partial charge >= 0.3 is 58.4 Å². The molecule has 1 aromatic carbocycles. The molecule has 1 aromatic heterocycles. The van der Waals surface area contributed by atoms with Gasteiger partial charge in [0, 0.05) is 18.0 Å². The fraction of sp³-hybridized carbons (Fsp3) is 0.0833. The maximum atomic E-state index is 12.4. The average Bonchev–Trinajstić information content (AvgIpc) is 2.37. The molecule has 0 saturated carbocycles. The van der Waals surface area contributed by atoms with Crippen LogP contribution in [-0.4, -0.2) is 12.0 Å². The first kappa shape index (κ1) is 16.7. The third-order valence-corrected chi connectivity index (χ3v) is 2.39. The summed E-state index contributed by atoms with van der Waals surface area (Å²) in [6, 6.07) is 8.30. The molecule has 0 unspecified atom stereocenters. The number of halogens is 3. The molecule has 0 radical (unpaired) electrons.